The quantitative estimate of drug-likeness (QED) is 0.455. The minimum Gasteiger partial charge on any atom is -0.351 e. The SMILES string of the molecule is Cc1nc(C(=O)NCCCCCCNC(=O)c2csc(-c3csc(C)n3)n2)cs1. The van der Waals surface area contributed by atoms with Crippen molar-refractivity contribution >= 4 is 45.8 Å². The highest BCUT2D eigenvalue weighted by atomic mass is 32.1. The third-order valence-electron chi connectivity index (χ3n) is 4.10. The summed E-state index contributed by atoms with van der Waals surface area (Å²) >= 11 is 4.48. The largest absolute Gasteiger partial charge is 0.351 e. The minimum atomic E-state index is -0.148. The van der Waals surface area contributed by atoms with Gasteiger partial charge in [0.2, 0.25) is 0 Å². The van der Waals surface area contributed by atoms with E-state index < -0.39 is 0 Å². The van der Waals surface area contributed by atoms with Crippen LogP contribution >= 0.6 is 34.0 Å². The van der Waals surface area contributed by atoms with Crippen LogP contribution < -0.4 is 10.6 Å². The number of aryl methyl sites for hydroxylation is 2. The Morgan fingerprint density at radius 2 is 1.31 bits per heavy atom. The van der Waals surface area contributed by atoms with Gasteiger partial charge < -0.3 is 10.6 Å². The summed E-state index contributed by atoms with van der Waals surface area (Å²) < 4.78 is 0. The molecule has 29 heavy (non-hydrogen) atoms. The number of nitrogens with one attached hydrogen (secondary N) is 2. The van der Waals surface area contributed by atoms with E-state index in [2.05, 4.69) is 25.6 Å². The minimum absolute atomic E-state index is 0.114. The Balaban J connectivity index is 1.26. The molecule has 2 N–H and O–H groups in total. The highest BCUT2D eigenvalue weighted by molar-refractivity contribution is 7.14. The van der Waals surface area contributed by atoms with E-state index in [4.69, 9.17) is 0 Å². The standard InChI is InChI=1S/C19H23N5O2S3/c1-12-22-14(9-27-12)17(25)20-7-5-3-4-6-8-21-18(26)15-10-29-19(24-15)16-11-28-13(2)23-16/h9-11H,3-8H2,1-2H3,(H,20,25)(H,21,26). The molecule has 0 aliphatic carbocycles. The Labute approximate surface area is 181 Å². The van der Waals surface area contributed by atoms with Gasteiger partial charge in [0.05, 0.1) is 10.0 Å². The molecule has 0 saturated carbocycles. The van der Waals surface area contributed by atoms with Crippen molar-refractivity contribution in [3.8, 4) is 10.7 Å². The zero-order chi connectivity index (χ0) is 20.6. The monoisotopic (exact) mass is 449 g/mol. The summed E-state index contributed by atoms with van der Waals surface area (Å²) in [6.45, 7) is 5.09. The molecule has 154 valence electrons. The molecule has 3 heterocycles. The van der Waals surface area contributed by atoms with E-state index in [1.165, 1.54) is 22.7 Å². The molecule has 2 amide bonds. The van der Waals surface area contributed by atoms with Crippen LogP contribution in [0, 0.1) is 13.8 Å². The molecule has 7 nitrogen and oxygen atoms in total. The molecule has 0 unspecified atom stereocenters. The number of unbranched alkanes of at least 4 members (excludes halogenated alkanes) is 3. The van der Waals surface area contributed by atoms with Gasteiger partial charge in [-0.25, -0.2) is 15.0 Å². The smallest absolute Gasteiger partial charge is 0.270 e. The van der Waals surface area contributed by atoms with Crippen LogP contribution in [0.25, 0.3) is 10.7 Å². The molecule has 0 bridgehead atoms. The summed E-state index contributed by atoms with van der Waals surface area (Å²) in [6, 6.07) is 0. The topological polar surface area (TPSA) is 96.9 Å². The Morgan fingerprint density at radius 3 is 1.86 bits per heavy atom. The van der Waals surface area contributed by atoms with Crippen LogP contribution in [-0.4, -0.2) is 39.9 Å². The van der Waals surface area contributed by atoms with E-state index >= 15 is 0 Å². The number of amides is 2. The summed E-state index contributed by atoms with van der Waals surface area (Å²) in [5.41, 5.74) is 1.76. The van der Waals surface area contributed by atoms with Crippen LogP contribution in [0.1, 0.15) is 56.7 Å². The van der Waals surface area contributed by atoms with Crippen LogP contribution in [0.5, 0.6) is 0 Å². The normalized spacial score (nSPS) is 10.8. The van der Waals surface area contributed by atoms with Crippen molar-refractivity contribution in [2.75, 3.05) is 13.1 Å². The van der Waals surface area contributed by atoms with Crippen LogP contribution in [-0.2, 0) is 0 Å². The summed E-state index contributed by atoms with van der Waals surface area (Å²) in [6.07, 6.45) is 3.79. The molecule has 3 rings (SSSR count). The number of thiazole rings is 3. The molecular weight excluding hydrogens is 426 g/mol. The van der Waals surface area contributed by atoms with Gasteiger partial charge >= 0.3 is 0 Å². The number of carbonyl (C=O) groups excluding carboxylic acids is 2. The van der Waals surface area contributed by atoms with Gasteiger partial charge in [0.15, 0.2) is 0 Å². The highest BCUT2D eigenvalue weighted by Gasteiger charge is 2.13. The van der Waals surface area contributed by atoms with Gasteiger partial charge in [0, 0.05) is 29.2 Å². The van der Waals surface area contributed by atoms with Crippen molar-refractivity contribution < 1.29 is 9.59 Å². The lowest BCUT2D eigenvalue weighted by molar-refractivity contribution is 0.0939. The van der Waals surface area contributed by atoms with E-state index in [9.17, 15) is 9.59 Å². The molecule has 10 heteroatoms. The van der Waals surface area contributed by atoms with Gasteiger partial charge in [-0.3, -0.25) is 9.59 Å². The lowest BCUT2D eigenvalue weighted by atomic mass is 10.2. The van der Waals surface area contributed by atoms with Crippen molar-refractivity contribution in [1.29, 1.82) is 0 Å². The maximum absolute atomic E-state index is 12.2. The molecule has 0 fully saturated rings. The number of hydrogen-bond acceptors (Lipinski definition) is 8. The van der Waals surface area contributed by atoms with E-state index in [1.54, 1.807) is 22.1 Å². The maximum atomic E-state index is 12.2. The molecule has 3 aromatic rings. The van der Waals surface area contributed by atoms with Crippen molar-refractivity contribution in [1.82, 2.24) is 25.6 Å². The summed E-state index contributed by atoms with van der Waals surface area (Å²) in [5, 5.41) is 13.9. The molecule has 0 atom stereocenters. The molecule has 0 aliphatic rings. The number of rotatable bonds is 10. The third kappa shape index (κ3) is 6.41. The first kappa shape index (κ1) is 21.5. The van der Waals surface area contributed by atoms with E-state index in [0.29, 0.717) is 24.5 Å². The average Bonchev–Trinajstić information content (AvgIpc) is 3.44. The van der Waals surface area contributed by atoms with Crippen LogP contribution in [0.3, 0.4) is 0 Å². The first-order valence-electron chi connectivity index (χ1n) is 9.39. The van der Waals surface area contributed by atoms with Crippen molar-refractivity contribution in [3.63, 3.8) is 0 Å². The van der Waals surface area contributed by atoms with Crippen molar-refractivity contribution in [3.05, 3.63) is 37.5 Å². The molecule has 0 radical (unpaired) electrons. The summed E-state index contributed by atoms with van der Waals surface area (Å²) in [4.78, 5) is 37.0. The van der Waals surface area contributed by atoms with Gasteiger partial charge in [0.25, 0.3) is 11.8 Å². The number of carbonyl (C=O) groups is 2. The first-order valence-corrected chi connectivity index (χ1v) is 12.0. The summed E-state index contributed by atoms with van der Waals surface area (Å²) in [5.74, 6) is -0.262. The average molecular weight is 450 g/mol. The Kier molecular flexibility index (Phi) is 7.84. The fourth-order valence-corrected chi connectivity index (χ4v) is 4.64. The van der Waals surface area contributed by atoms with Crippen molar-refractivity contribution in [2.45, 2.75) is 39.5 Å². The van der Waals surface area contributed by atoms with Gasteiger partial charge in [-0.1, -0.05) is 12.8 Å². The Hall–Kier alpha value is -2.17. The van der Waals surface area contributed by atoms with E-state index in [1.807, 2.05) is 19.2 Å². The third-order valence-corrected chi connectivity index (χ3v) is 6.51. The molecule has 0 aliphatic heterocycles. The van der Waals surface area contributed by atoms with E-state index in [0.717, 1.165) is 46.4 Å². The Bertz CT molecular complexity index is 963. The second-order valence-corrected chi connectivity index (χ2v) is 9.45. The number of nitrogens with zero attached hydrogens (tertiary/aromatic N) is 3. The second kappa shape index (κ2) is 10.6. The van der Waals surface area contributed by atoms with Crippen molar-refractivity contribution in [2.24, 2.45) is 0 Å². The number of aromatic nitrogens is 3. The zero-order valence-electron chi connectivity index (χ0n) is 16.4. The molecule has 0 spiro atoms. The Morgan fingerprint density at radius 1 is 0.759 bits per heavy atom. The lowest BCUT2D eigenvalue weighted by Crippen LogP contribution is -2.25. The first-order chi connectivity index (χ1) is 14.0. The van der Waals surface area contributed by atoms with E-state index in [-0.39, 0.29) is 11.8 Å². The number of hydrogen-bond donors (Lipinski definition) is 2. The predicted octanol–water partition coefficient (Wildman–Crippen LogP) is 4.06. The lowest BCUT2D eigenvalue weighted by Gasteiger charge is -2.05. The predicted molar refractivity (Wildman–Crippen MR) is 118 cm³/mol. The highest BCUT2D eigenvalue weighted by Crippen LogP contribution is 2.25. The molecule has 3 aromatic heterocycles. The van der Waals surface area contributed by atoms with Gasteiger partial charge in [0.1, 0.15) is 22.1 Å². The fourth-order valence-electron chi connectivity index (χ4n) is 2.61. The second-order valence-electron chi connectivity index (χ2n) is 6.47. The fraction of sp³-hybridized carbons (Fsp3) is 0.421. The van der Waals surface area contributed by atoms with Gasteiger partial charge in [-0.05, 0) is 26.7 Å². The zero-order valence-corrected chi connectivity index (χ0v) is 18.8. The van der Waals surface area contributed by atoms with Crippen LogP contribution in [0.15, 0.2) is 16.1 Å². The maximum Gasteiger partial charge on any atom is 0.270 e. The van der Waals surface area contributed by atoms with Gasteiger partial charge in [-0.15, -0.1) is 34.0 Å². The van der Waals surface area contributed by atoms with Gasteiger partial charge in [-0.2, -0.15) is 0 Å². The molecule has 0 aromatic carbocycles. The summed E-state index contributed by atoms with van der Waals surface area (Å²) in [7, 11) is 0. The molecule has 0 saturated heterocycles. The van der Waals surface area contributed by atoms with Crippen LogP contribution in [0.4, 0.5) is 0 Å². The molecular formula is C19H23N5O2S3. The van der Waals surface area contributed by atoms with Crippen LogP contribution in [0.2, 0.25) is 0 Å².